The zero-order chi connectivity index (χ0) is 26.5. The molecule has 0 aliphatic heterocycles. The normalized spacial score (nSPS) is 18.7. The first-order chi connectivity index (χ1) is 17.8. The molecule has 1 aliphatic carbocycles. The molecule has 9 nitrogen and oxygen atoms in total. The number of hydrogen-bond acceptors (Lipinski definition) is 7. The molecule has 37 heavy (non-hydrogen) atoms. The van der Waals surface area contributed by atoms with Crippen molar-refractivity contribution >= 4 is 22.3 Å². The van der Waals surface area contributed by atoms with E-state index in [0.29, 0.717) is 6.42 Å². The fraction of sp³-hybridized carbons (Fsp3) is 0.481. The first-order valence-electron chi connectivity index (χ1n) is 12.6. The topological polar surface area (TPSA) is 120 Å². The highest BCUT2D eigenvalue weighted by Gasteiger charge is 2.30. The summed E-state index contributed by atoms with van der Waals surface area (Å²) < 4.78 is 39.8. The van der Waals surface area contributed by atoms with Crippen molar-refractivity contribution in [3.63, 3.8) is 0 Å². The van der Waals surface area contributed by atoms with E-state index in [1.54, 1.807) is 0 Å². The van der Waals surface area contributed by atoms with Gasteiger partial charge in [-0.05, 0) is 36.3 Å². The molecule has 202 valence electrons. The predicted octanol–water partition coefficient (Wildman–Crippen LogP) is 4.52. The maximum atomic E-state index is 12.5. The molecule has 2 N–H and O–H groups in total. The predicted molar refractivity (Wildman–Crippen MR) is 139 cm³/mol. The van der Waals surface area contributed by atoms with Crippen molar-refractivity contribution in [1.29, 1.82) is 0 Å². The number of carbonyl (C=O) groups excluding carboxylic acids is 2. The molecule has 0 bridgehead atoms. The van der Waals surface area contributed by atoms with E-state index < -0.39 is 28.4 Å². The van der Waals surface area contributed by atoms with Crippen LogP contribution in [0.3, 0.4) is 0 Å². The summed E-state index contributed by atoms with van der Waals surface area (Å²) in [5, 5.41) is 5.58. The van der Waals surface area contributed by atoms with Crippen molar-refractivity contribution < 1.29 is 31.7 Å². The van der Waals surface area contributed by atoms with Gasteiger partial charge in [0.1, 0.15) is 13.2 Å². The lowest BCUT2D eigenvalue weighted by Crippen LogP contribution is -2.43. The zero-order valence-electron chi connectivity index (χ0n) is 21.1. The Kier molecular flexibility index (Phi) is 11.2. The Hall–Kier alpha value is -3.11. The van der Waals surface area contributed by atoms with Crippen LogP contribution in [0.25, 0.3) is 0 Å². The van der Waals surface area contributed by atoms with Crippen LogP contribution in [0.15, 0.2) is 60.7 Å². The van der Waals surface area contributed by atoms with Crippen LogP contribution < -0.4 is 10.6 Å². The second-order valence-electron chi connectivity index (χ2n) is 9.31. The molecule has 3 atom stereocenters. The lowest BCUT2D eigenvalue weighted by Gasteiger charge is -2.29. The fourth-order valence-electron chi connectivity index (χ4n) is 4.49. The van der Waals surface area contributed by atoms with Crippen LogP contribution in [0, 0.1) is 5.92 Å². The average Bonchev–Trinajstić information content (AvgIpc) is 3.10. The smallest absolute Gasteiger partial charge is 0.407 e. The minimum absolute atomic E-state index is 0.0393. The first kappa shape index (κ1) is 28.5. The van der Waals surface area contributed by atoms with Gasteiger partial charge in [0.25, 0.3) is 10.1 Å². The van der Waals surface area contributed by atoms with Crippen LogP contribution in [0.5, 0.6) is 0 Å². The van der Waals surface area contributed by atoms with E-state index in [1.807, 2.05) is 60.7 Å². The van der Waals surface area contributed by atoms with E-state index >= 15 is 0 Å². The molecule has 1 unspecified atom stereocenters. The number of hydrogen-bond donors (Lipinski definition) is 2. The molecular weight excluding hydrogens is 496 g/mol. The fourth-order valence-corrected chi connectivity index (χ4v) is 5.13. The van der Waals surface area contributed by atoms with E-state index in [-0.39, 0.29) is 31.7 Å². The summed E-state index contributed by atoms with van der Waals surface area (Å²) in [5.74, 6) is -0.0411. The van der Waals surface area contributed by atoms with Gasteiger partial charge in [0, 0.05) is 12.6 Å². The lowest BCUT2D eigenvalue weighted by atomic mass is 9.89. The molecule has 3 rings (SSSR count). The molecule has 2 aromatic rings. The van der Waals surface area contributed by atoms with Crippen molar-refractivity contribution in [2.75, 3.05) is 12.8 Å². The Labute approximate surface area is 219 Å². The summed E-state index contributed by atoms with van der Waals surface area (Å²) in [5.41, 5.74) is 1.73. The third kappa shape index (κ3) is 11.2. The molecule has 1 fully saturated rings. The summed E-state index contributed by atoms with van der Waals surface area (Å²) in [6, 6.07) is 18.5. The van der Waals surface area contributed by atoms with Gasteiger partial charge in [-0.1, -0.05) is 79.9 Å². The maximum absolute atomic E-state index is 12.5. The van der Waals surface area contributed by atoms with Gasteiger partial charge in [0.15, 0.2) is 0 Å². The Morgan fingerprint density at radius 1 is 0.865 bits per heavy atom. The SMILES string of the molecule is CS(=O)(=O)OC(CNC(=O)OCc1ccccc1)C[C@@H]1CCCCC[C@H]1NC(=O)OCc1ccccc1. The van der Waals surface area contributed by atoms with Gasteiger partial charge in [0.2, 0.25) is 0 Å². The number of rotatable bonds is 11. The van der Waals surface area contributed by atoms with E-state index in [1.165, 1.54) is 0 Å². The molecule has 10 heteroatoms. The van der Waals surface area contributed by atoms with Crippen molar-refractivity contribution in [3.05, 3.63) is 71.8 Å². The Balaban J connectivity index is 1.56. The molecule has 0 saturated heterocycles. The second-order valence-corrected chi connectivity index (χ2v) is 10.9. The van der Waals surface area contributed by atoms with Crippen molar-refractivity contribution in [2.45, 2.75) is 63.9 Å². The quantitative estimate of drug-likeness (QED) is 0.322. The minimum atomic E-state index is -3.77. The molecule has 0 heterocycles. The monoisotopic (exact) mass is 532 g/mol. The molecule has 1 aliphatic rings. The highest BCUT2D eigenvalue weighted by Crippen LogP contribution is 2.28. The first-order valence-corrected chi connectivity index (χ1v) is 14.4. The highest BCUT2D eigenvalue weighted by atomic mass is 32.2. The summed E-state index contributed by atoms with van der Waals surface area (Å²) >= 11 is 0. The number of alkyl carbamates (subject to hydrolysis) is 2. The third-order valence-electron chi connectivity index (χ3n) is 6.24. The van der Waals surface area contributed by atoms with E-state index in [0.717, 1.165) is 49.5 Å². The Morgan fingerprint density at radius 2 is 1.43 bits per heavy atom. The van der Waals surface area contributed by atoms with Crippen LogP contribution in [0.4, 0.5) is 9.59 Å². The maximum Gasteiger partial charge on any atom is 0.407 e. The Bertz CT molecular complexity index is 1080. The number of carbonyl (C=O) groups is 2. The van der Waals surface area contributed by atoms with Crippen LogP contribution in [0.1, 0.15) is 49.7 Å². The van der Waals surface area contributed by atoms with E-state index in [2.05, 4.69) is 10.6 Å². The van der Waals surface area contributed by atoms with Gasteiger partial charge >= 0.3 is 12.2 Å². The molecular formula is C27H36N2O7S. The van der Waals surface area contributed by atoms with Crippen LogP contribution in [-0.4, -0.2) is 45.6 Å². The van der Waals surface area contributed by atoms with Gasteiger partial charge in [-0.3, -0.25) is 4.18 Å². The number of nitrogens with one attached hydrogen (secondary N) is 2. The Morgan fingerprint density at radius 3 is 2.03 bits per heavy atom. The lowest BCUT2D eigenvalue weighted by molar-refractivity contribution is 0.115. The summed E-state index contributed by atoms with van der Waals surface area (Å²) in [7, 11) is -3.77. The summed E-state index contributed by atoms with van der Waals surface area (Å²) in [4.78, 5) is 24.7. The van der Waals surface area contributed by atoms with Crippen molar-refractivity contribution in [2.24, 2.45) is 5.92 Å². The van der Waals surface area contributed by atoms with Crippen LogP contribution in [0.2, 0.25) is 0 Å². The molecule has 0 aromatic heterocycles. The number of benzene rings is 2. The summed E-state index contributed by atoms with van der Waals surface area (Å²) in [6.07, 6.45) is 3.83. The van der Waals surface area contributed by atoms with Crippen molar-refractivity contribution in [1.82, 2.24) is 10.6 Å². The highest BCUT2D eigenvalue weighted by molar-refractivity contribution is 7.86. The van der Waals surface area contributed by atoms with E-state index in [9.17, 15) is 18.0 Å². The average molecular weight is 533 g/mol. The summed E-state index contributed by atoms with van der Waals surface area (Å²) in [6.45, 7) is 0.227. The minimum Gasteiger partial charge on any atom is -0.445 e. The van der Waals surface area contributed by atoms with E-state index in [4.69, 9.17) is 13.7 Å². The van der Waals surface area contributed by atoms with Gasteiger partial charge < -0.3 is 20.1 Å². The molecule has 0 radical (unpaired) electrons. The molecule has 0 spiro atoms. The van der Waals surface area contributed by atoms with Crippen LogP contribution >= 0.6 is 0 Å². The van der Waals surface area contributed by atoms with Gasteiger partial charge in [-0.2, -0.15) is 8.42 Å². The second kappa shape index (κ2) is 14.6. The molecule has 2 aromatic carbocycles. The largest absolute Gasteiger partial charge is 0.445 e. The molecule has 2 amide bonds. The van der Waals surface area contributed by atoms with Gasteiger partial charge in [-0.25, -0.2) is 9.59 Å². The standard InChI is InChI=1S/C27H36N2O7S/c1-37(32,33)36-24(18-28-26(30)34-19-21-11-5-2-6-12-21)17-23-15-9-4-10-16-25(23)29-27(31)35-20-22-13-7-3-8-14-22/h2-3,5-8,11-14,23-25H,4,9-10,15-20H2,1H3,(H,28,30)(H,29,31)/t23-,24?,25+/m0/s1. The van der Waals surface area contributed by atoms with Gasteiger partial charge in [-0.15, -0.1) is 0 Å². The molecule has 1 saturated carbocycles. The number of amides is 2. The van der Waals surface area contributed by atoms with Crippen molar-refractivity contribution in [3.8, 4) is 0 Å². The zero-order valence-corrected chi connectivity index (χ0v) is 22.0. The van der Waals surface area contributed by atoms with Crippen LogP contribution in [-0.2, 0) is 37.0 Å². The van der Waals surface area contributed by atoms with Gasteiger partial charge in [0.05, 0.1) is 12.4 Å². The third-order valence-corrected chi connectivity index (χ3v) is 6.86. The number of ether oxygens (including phenoxy) is 2.